The minimum atomic E-state index is -3.75. The van der Waals surface area contributed by atoms with Crippen LogP contribution < -0.4 is 10.1 Å². The molecule has 2 aromatic rings. The Bertz CT molecular complexity index is 952. The van der Waals surface area contributed by atoms with Crippen LogP contribution in [0.4, 0.5) is 5.69 Å². The van der Waals surface area contributed by atoms with E-state index in [0.29, 0.717) is 18.9 Å². The molecule has 8 heteroatoms. The highest BCUT2D eigenvalue weighted by Crippen LogP contribution is 2.30. The van der Waals surface area contributed by atoms with Gasteiger partial charge in [-0.25, -0.2) is 8.42 Å². The number of amides is 1. The zero-order valence-corrected chi connectivity index (χ0v) is 17.5. The molecule has 1 saturated heterocycles. The normalized spacial score (nSPS) is 15.1. The Morgan fingerprint density at radius 1 is 1.10 bits per heavy atom. The van der Waals surface area contributed by atoms with Gasteiger partial charge in [-0.1, -0.05) is 31.2 Å². The molecule has 0 aliphatic carbocycles. The van der Waals surface area contributed by atoms with Gasteiger partial charge in [0.25, 0.3) is 0 Å². The number of hydrogen-bond acceptors (Lipinski definition) is 5. The van der Waals surface area contributed by atoms with Crippen LogP contribution in [0.5, 0.6) is 5.75 Å². The highest BCUT2D eigenvalue weighted by atomic mass is 32.2. The fourth-order valence-electron chi connectivity index (χ4n) is 3.17. The third kappa shape index (κ3) is 5.14. The maximum Gasteiger partial charge on any atom is 0.246 e. The number of anilines is 1. The van der Waals surface area contributed by atoms with Gasteiger partial charge in [0.2, 0.25) is 15.9 Å². The molecule has 2 aromatic carbocycles. The van der Waals surface area contributed by atoms with Crippen LogP contribution in [-0.2, 0) is 32.4 Å². The summed E-state index contributed by atoms with van der Waals surface area (Å²) in [7, 11) is -2.33. The Kier molecular flexibility index (Phi) is 6.89. The first-order chi connectivity index (χ1) is 13.9. The first kappa shape index (κ1) is 21.3. The van der Waals surface area contributed by atoms with Crippen molar-refractivity contribution >= 4 is 21.6 Å². The van der Waals surface area contributed by atoms with Gasteiger partial charge in [0, 0.05) is 18.8 Å². The minimum Gasteiger partial charge on any atom is -0.495 e. The highest BCUT2D eigenvalue weighted by Gasteiger charge is 2.29. The molecule has 1 fully saturated rings. The molecule has 1 amide bonds. The van der Waals surface area contributed by atoms with Gasteiger partial charge in [-0.05, 0) is 35.7 Å². The number of aryl methyl sites for hydroxylation is 1. The second-order valence-electron chi connectivity index (χ2n) is 6.78. The van der Waals surface area contributed by atoms with Crippen LogP contribution in [0, 0.1) is 0 Å². The van der Waals surface area contributed by atoms with Crippen molar-refractivity contribution in [1.82, 2.24) is 4.31 Å². The summed E-state index contributed by atoms with van der Waals surface area (Å²) < 4.78 is 37.9. The van der Waals surface area contributed by atoms with Crippen molar-refractivity contribution in [2.24, 2.45) is 0 Å². The Balaban J connectivity index is 1.77. The van der Waals surface area contributed by atoms with Crippen LogP contribution >= 0.6 is 0 Å². The van der Waals surface area contributed by atoms with Gasteiger partial charge >= 0.3 is 0 Å². The lowest BCUT2D eigenvalue weighted by atomic mass is 10.1. The Morgan fingerprint density at radius 3 is 2.38 bits per heavy atom. The quantitative estimate of drug-likeness (QED) is 0.747. The topological polar surface area (TPSA) is 84.9 Å². The van der Waals surface area contributed by atoms with E-state index in [2.05, 4.69) is 12.2 Å². The van der Waals surface area contributed by atoms with Crippen molar-refractivity contribution in [3.63, 3.8) is 0 Å². The van der Waals surface area contributed by atoms with Crippen molar-refractivity contribution in [2.75, 3.05) is 38.7 Å². The molecule has 29 heavy (non-hydrogen) atoms. The molecule has 0 radical (unpaired) electrons. The van der Waals surface area contributed by atoms with E-state index in [0.717, 1.165) is 12.0 Å². The summed E-state index contributed by atoms with van der Waals surface area (Å²) in [6, 6.07) is 12.5. The van der Waals surface area contributed by atoms with Gasteiger partial charge < -0.3 is 14.8 Å². The molecule has 7 nitrogen and oxygen atoms in total. The van der Waals surface area contributed by atoms with Crippen LogP contribution in [0.3, 0.4) is 0 Å². The van der Waals surface area contributed by atoms with E-state index in [-0.39, 0.29) is 36.1 Å². The number of sulfonamides is 1. The van der Waals surface area contributed by atoms with Crippen molar-refractivity contribution in [3.05, 3.63) is 53.6 Å². The second-order valence-corrected chi connectivity index (χ2v) is 8.68. The number of carbonyl (C=O) groups excluding carboxylic acids is 1. The molecule has 0 unspecified atom stereocenters. The summed E-state index contributed by atoms with van der Waals surface area (Å²) >= 11 is 0. The lowest BCUT2D eigenvalue weighted by molar-refractivity contribution is -0.115. The average Bonchev–Trinajstić information content (AvgIpc) is 2.74. The van der Waals surface area contributed by atoms with Crippen molar-refractivity contribution in [3.8, 4) is 5.75 Å². The number of morpholine rings is 1. The van der Waals surface area contributed by atoms with Crippen molar-refractivity contribution in [2.45, 2.75) is 24.7 Å². The molecule has 1 N–H and O–H groups in total. The van der Waals surface area contributed by atoms with Gasteiger partial charge in [-0.15, -0.1) is 0 Å². The van der Waals surface area contributed by atoms with E-state index in [4.69, 9.17) is 9.47 Å². The molecule has 156 valence electrons. The van der Waals surface area contributed by atoms with Crippen LogP contribution in [0.2, 0.25) is 0 Å². The van der Waals surface area contributed by atoms with E-state index in [1.54, 1.807) is 12.1 Å². The number of benzene rings is 2. The molecule has 3 rings (SSSR count). The molecule has 0 saturated carbocycles. The second kappa shape index (κ2) is 9.39. The Hall–Kier alpha value is -2.42. The van der Waals surface area contributed by atoms with Crippen molar-refractivity contribution < 1.29 is 22.7 Å². The molecule has 0 bridgehead atoms. The molecular weight excluding hydrogens is 392 g/mol. The molecule has 1 aliphatic rings. The molecule has 0 spiro atoms. The maximum atomic E-state index is 13.0. The van der Waals surface area contributed by atoms with E-state index >= 15 is 0 Å². The lowest BCUT2D eigenvalue weighted by Gasteiger charge is -2.26. The molecule has 1 heterocycles. The SMILES string of the molecule is CCc1ccc(CC(=O)Nc2ccc(OC)c(S(=O)(=O)N3CCOCC3)c2)cc1. The zero-order valence-electron chi connectivity index (χ0n) is 16.7. The van der Waals surface area contributed by atoms with Gasteiger partial charge in [-0.3, -0.25) is 4.79 Å². The number of hydrogen-bond donors (Lipinski definition) is 1. The number of nitrogens with zero attached hydrogens (tertiary/aromatic N) is 1. The summed E-state index contributed by atoms with van der Waals surface area (Å²) in [5.74, 6) is 0.0266. The monoisotopic (exact) mass is 418 g/mol. The summed E-state index contributed by atoms with van der Waals surface area (Å²) in [4.78, 5) is 12.5. The summed E-state index contributed by atoms with van der Waals surface area (Å²) in [6.07, 6.45) is 1.15. The number of ether oxygens (including phenoxy) is 2. The molecular formula is C21H26N2O5S. The van der Waals surface area contributed by atoms with Gasteiger partial charge in [0.1, 0.15) is 10.6 Å². The Labute approximate surface area is 171 Å². The Morgan fingerprint density at radius 2 is 1.76 bits per heavy atom. The van der Waals surface area contributed by atoms with Crippen LogP contribution in [0.1, 0.15) is 18.1 Å². The fourth-order valence-corrected chi connectivity index (χ4v) is 4.75. The number of carbonyl (C=O) groups is 1. The first-order valence-corrected chi connectivity index (χ1v) is 11.0. The smallest absolute Gasteiger partial charge is 0.246 e. The summed E-state index contributed by atoms with van der Waals surface area (Å²) in [5, 5.41) is 2.78. The zero-order chi connectivity index (χ0) is 20.9. The van der Waals surface area contributed by atoms with E-state index in [1.807, 2.05) is 24.3 Å². The standard InChI is InChI=1S/C21H26N2O5S/c1-3-16-4-6-17(7-5-16)14-21(24)22-18-8-9-19(27-2)20(15-18)29(25,26)23-10-12-28-13-11-23/h4-9,15H,3,10-14H2,1-2H3,(H,22,24). The number of nitrogens with one attached hydrogen (secondary N) is 1. The van der Waals surface area contributed by atoms with Crippen LogP contribution in [0.15, 0.2) is 47.4 Å². The minimum absolute atomic E-state index is 0.0343. The van der Waals surface area contributed by atoms with Gasteiger partial charge in [0.05, 0.1) is 26.7 Å². The van der Waals surface area contributed by atoms with Crippen molar-refractivity contribution in [1.29, 1.82) is 0 Å². The summed E-state index contributed by atoms with van der Waals surface area (Å²) in [5.41, 5.74) is 2.52. The van der Waals surface area contributed by atoms with Gasteiger partial charge in [0.15, 0.2) is 0 Å². The van der Waals surface area contributed by atoms with Crippen LogP contribution in [0.25, 0.3) is 0 Å². The van der Waals surface area contributed by atoms with Gasteiger partial charge in [-0.2, -0.15) is 4.31 Å². The maximum absolute atomic E-state index is 13.0. The molecule has 1 aliphatic heterocycles. The van der Waals surface area contributed by atoms with E-state index in [1.165, 1.54) is 23.0 Å². The lowest BCUT2D eigenvalue weighted by Crippen LogP contribution is -2.40. The third-order valence-electron chi connectivity index (χ3n) is 4.83. The average molecular weight is 419 g/mol. The number of rotatable bonds is 7. The fraction of sp³-hybridized carbons (Fsp3) is 0.381. The third-order valence-corrected chi connectivity index (χ3v) is 6.75. The highest BCUT2D eigenvalue weighted by molar-refractivity contribution is 7.89. The predicted molar refractivity (Wildman–Crippen MR) is 111 cm³/mol. The van der Waals surface area contributed by atoms with Crippen LogP contribution in [-0.4, -0.2) is 52.0 Å². The van der Waals surface area contributed by atoms with E-state index < -0.39 is 10.0 Å². The molecule has 0 atom stereocenters. The largest absolute Gasteiger partial charge is 0.495 e. The summed E-state index contributed by atoms with van der Waals surface area (Å²) in [6.45, 7) is 3.36. The van der Waals surface area contributed by atoms with E-state index in [9.17, 15) is 13.2 Å². The predicted octanol–water partition coefficient (Wildman–Crippen LogP) is 2.46. The first-order valence-electron chi connectivity index (χ1n) is 9.57. The molecule has 0 aromatic heterocycles. The number of methoxy groups -OCH3 is 1.